The molecular formula is C23H29Cl2OSY-. The van der Waals surface area contributed by atoms with Crippen molar-refractivity contribution in [2.75, 3.05) is 0 Å². The fourth-order valence-corrected chi connectivity index (χ4v) is 6.48. The van der Waals surface area contributed by atoms with Crippen molar-refractivity contribution in [1.82, 2.24) is 0 Å². The maximum absolute atomic E-state index is 10.5. The Hall–Kier alpha value is 0.564. The van der Waals surface area contributed by atoms with Gasteiger partial charge in [0.15, 0.2) is 0 Å². The normalized spacial score (nSPS) is 25.5. The fraction of sp³-hybridized carbons (Fsp3) is 0.522. The van der Waals surface area contributed by atoms with Gasteiger partial charge in [0.2, 0.25) is 0 Å². The molecule has 1 aromatic heterocycles. The largest absolute Gasteiger partial charge is 0.388 e. The van der Waals surface area contributed by atoms with E-state index in [1.165, 1.54) is 28.8 Å². The third-order valence-electron chi connectivity index (χ3n) is 5.66. The van der Waals surface area contributed by atoms with E-state index in [-0.39, 0.29) is 61.4 Å². The van der Waals surface area contributed by atoms with Gasteiger partial charge >= 0.3 is 0 Å². The Morgan fingerprint density at radius 3 is 2.39 bits per heavy atom. The van der Waals surface area contributed by atoms with E-state index in [4.69, 9.17) is 23.2 Å². The van der Waals surface area contributed by atoms with Crippen LogP contribution in [-0.4, -0.2) is 15.9 Å². The van der Waals surface area contributed by atoms with Gasteiger partial charge < -0.3 is 12.0 Å². The molecule has 1 fully saturated rings. The van der Waals surface area contributed by atoms with E-state index in [0.717, 1.165) is 30.6 Å². The Morgan fingerprint density at radius 1 is 1.07 bits per heavy atom. The van der Waals surface area contributed by atoms with Gasteiger partial charge in [-0.2, -0.15) is 6.42 Å². The Bertz CT molecular complexity index is 718. The average Bonchev–Trinajstić information content (AvgIpc) is 3.26. The third kappa shape index (κ3) is 5.83. The molecule has 1 radical (unpaired) electrons. The van der Waals surface area contributed by atoms with Gasteiger partial charge in [0, 0.05) is 65.1 Å². The predicted octanol–water partition coefficient (Wildman–Crippen LogP) is 7.22. The minimum Gasteiger partial charge on any atom is -0.388 e. The number of unbranched alkanes of at least 4 members (excludes halogenated alkanes) is 2. The minimum atomic E-state index is -0.368. The van der Waals surface area contributed by atoms with Crippen LogP contribution in [0.15, 0.2) is 36.4 Å². The second-order valence-corrected chi connectivity index (χ2v) is 9.83. The van der Waals surface area contributed by atoms with Crippen LogP contribution in [0.1, 0.15) is 77.8 Å². The molecule has 0 amide bonds. The molecule has 1 N–H and O–H groups in total. The fourth-order valence-electron chi connectivity index (χ4n) is 4.09. The third-order valence-corrected chi connectivity index (χ3v) is 7.84. The second kappa shape index (κ2) is 11.8. The van der Waals surface area contributed by atoms with Crippen LogP contribution < -0.4 is 0 Å². The van der Waals surface area contributed by atoms with Crippen molar-refractivity contribution in [2.24, 2.45) is 0 Å². The molecule has 3 rings (SSSR count). The summed E-state index contributed by atoms with van der Waals surface area (Å²) in [6, 6.07) is 12.9. The van der Waals surface area contributed by atoms with Crippen LogP contribution in [0.5, 0.6) is 0 Å². The van der Waals surface area contributed by atoms with Gasteiger partial charge in [-0.25, -0.2) is 0 Å². The standard InChI is InChI=1S/C23H29Cl2OS.Y/c1-3-5-6-7-19(26)20-12-13-21(27-20)23-18(25)14-17(24)22(23)16-10-8-15(4-2)9-11-16;/h8-13,17-19,22-23,26H,2-7,14H2,1H3;/q-1;. The first-order chi connectivity index (χ1) is 13.0. The molecule has 1 heterocycles. The maximum atomic E-state index is 10.5. The van der Waals surface area contributed by atoms with Crippen molar-refractivity contribution in [3.63, 3.8) is 0 Å². The minimum absolute atomic E-state index is 0. The number of thiophene rings is 1. The van der Waals surface area contributed by atoms with Gasteiger partial charge in [-0.15, -0.1) is 34.5 Å². The van der Waals surface area contributed by atoms with Gasteiger partial charge in [0.05, 0.1) is 6.10 Å². The van der Waals surface area contributed by atoms with Crippen molar-refractivity contribution < 1.29 is 37.8 Å². The van der Waals surface area contributed by atoms with E-state index < -0.39 is 0 Å². The molecule has 151 valence electrons. The molecule has 5 unspecified atom stereocenters. The molecule has 0 saturated heterocycles. The molecular weight excluding hydrogens is 484 g/mol. The zero-order valence-corrected chi connectivity index (χ0v) is 21.7. The number of benzene rings is 1. The van der Waals surface area contributed by atoms with E-state index in [2.05, 4.69) is 50.2 Å². The molecule has 5 atom stereocenters. The first-order valence-electron chi connectivity index (χ1n) is 9.99. The molecule has 1 aliphatic rings. The molecule has 0 bridgehead atoms. The van der Waals surface area contributed by atoms with E-state index in [9.17, 15) is 5.11 Å². The molecule has 28 heavy (non-hydrogen) atoms. The zero-order valence-electron chi connectivity index (χ0n) is 16.5. The van der Waals surface area contributed by atoms with Crippen LogP contribution in [0.4, 0.5) is 0 Å². The van der Waals surface area contributed by atoms with E-state index in [1.807, 2.05) is 0 Å². The molecule has 0 aliphatic heterocycles. The Balaban J connectivity index is 0.00000280. The molecule has 1 aliphatic carbocycles. The van der Waals surface area contributed by atoms with Crippen LogP contribution in [0.3, 0.4) is 0 Å². The SMILES string of the molecule is [CH2-]Cc1ccc(C2C(Cl)CC(Cl)C2c2ccc(C(O)CCCCC)s2)cc1.[Y]. The molecule has 5 heteroatoms. The van der Waals surface area contributed by atoms with E-state index >= 15 is 0 Å². The van der Waals surface area contributed by atoms with Crippen molar-refractivity contribution in [2.45, 2.75) is 74.1 Å². The summed E-state index contributed by atoms with van der Waals surface area (Å²) >= 11 is 15.2. The average molecular weight is 513 g/mol. The molecule has 1 aromatic carbocycles. The maximum Gasteiger partial charge on any atom is 0.0882 e. The van der Waals surface area contributed by atoms with Crippen LogP contribution in [0, 0.1) is 6.92 Å². The number of hydrogen-bond acceptors (Lipinski definition) is 2. The number of hydrogen-bond donors (Lipinski definition) is 1. The zero-order chi connectivity index (χ0) is 19.4. The van der Waals surface area contributed by atoms with Gasteiger partial charge in [-0.1, -0.05) is 56.0 Å². The summed E-state index contributed by atoms with van der Waals surface area (Å²) in [4.78, 5) is 2.29. The van der Waals surface area contributed by atoms with Crippen molar-refractivity contribution in [1.29, 1.82) is 0 Å². The summed E-state index contributed by atoms with van der Waals surface area (Å²) in [5.41, 5.74) is 2.48. The number of rotatable bonds is 8. The summed E-state index contributed by atoms with van der Waals surface area (Å²) in [6.45, 7) is 6.13. The van der Waals surface area contributed by atoms with Crippen LogP contribution in [0.2, 0.25) is 0 Å². The van der Waals surface area contributed by atoms with Crippen LogP contribution in [-0.2, 0) is 39.1 Å². The Kier molecular flexibility index (Phi) is 10.5. The van der Waals surface area contributed by atoms with Gasteiger partial charge in [0.1, 0.15) is 0 Å². The van der Waals surface area contributed by atoms with Crippen molar-refractivity contribution in [3.05, 3.63) is 64.2 Å². The van der Waals surface area contributed by atoms with E-state index in [1.54, 1.807) is 11.3 Å². The summed E-state index contributed by atoms with van der Waals surface area (Å²) in [6.07, 6.45) is 5.47. The smallest absolute Gasteiger partial charge is 0.0882 e. The first kappa shape index (κ1) is 24.8. The van der Waals surface area contributed by atoms with Gasteiger partial charge in [-0.05, 0) is 30.5 Å². The number of aliphatic hydroxyl groups is 1. The molecule has 2 aromatic rings. The van der Waals surface area contributed by atoms with E-state index in [0.29, 0.717) is 0 Å². The summed E-state index contributed by atoms with van der Waals surface area (Å²) in [7, 11) is 0. The number of aliphatic hydroxyl groups excluding tert-OH is 1. The topological polar surface area (TPSA) is 20.2 Å². The number of alkyl halides is 2. The summed E-state index contributed by atoms with van der Waals surface area (Å²) < 4.78 is 0. The van der Waals surface area contributed by atoms with Crippen molar-refractivity contribution >= 4 is 34.5 Å². The predicted molar refractivity (Wildman–Crippen MR) is 118 cm³/mol. The molecule has 1 saturated carbocycles. The Morgan fingerprint density at radius 2 is 1.75 bits per heavy atom. The van der Waals surface area contributed by atoms with Gasteiger partial charge in [-0.3, -0.25) is 0 Å². The monoisotopic (exact) mass is 512 g/mol. The molecule has 1 nitrogen and oxygen atoms in total. The van der Waals surface area contributed by atoms with Crippen LogP contribution in [0.25, 0.3) is 0 Å². The number of halogens is 2. The second-order valence-electron chi connectivity index (χ2n) is 7.56. The molecule has 0 spiro atoms. The summed E-state index contributed by atoms with van der Waals surface area (Å²) in [5.74, 6) is 0.401. The van der Waals surface area contributed by atoms with Crippen LogP contribution >= 0.6 is 34.5 Å². The quantitative estimate of drug-likeness (QED) is 0.225. The first-order valence-corrected chi connectivity index (χ1v) is 11.7. The Labute approximate surface area is 209 Å². The summed E-state index contributed by atoms with van der Waals surface area (Å²) in [5, 5.41) is 10.6. The van der Waals surface area contributed by atoms with Gasteiger partial charge in [0.25, 0.3) is 0 Å². The van der Waals surface area contributed by atoms with Crippen molar-refractivity contribution in [3.8, 4) is 0 Å².